The van der Waals surface area contributed by atoms with Crippen LogP contribution in [-0.2, 0) is 16.0 Å². The van der Waals surface area contributed by atoms with Crippen LogP contribution in [0.3, 0.4) is 0 Å². The average Bonchev–Trinajstić information content (AvgIpc) is 2.69. The van der Waals surface area contributed by atoms with E-state index in [0.717, 1.165) is 31.2 Å². The van der Waals surface area contributed by atoms with Gasteiger partial charge in [-0.25, -0.2) is 0 Å². The van der Waals surface area contributed by atoms with Crippen LogP contribution in [0.2, 0.25) is 0 Å². The van der Waals surface area contributed by atoms with Gasteiger partial charge >= 0.3 is 0 Å². The van der Waals surface area contributed by atoms with Crippen molar-refractivity contribution in [1.29, 1.82) is 0 Å². The molecule has 0 spiro atoms. The highest BCUT2D eigenvalue weighted by Gasteiger charge is 2.22. The van der Waals surface area contributed by atoms with Gasteiger partial charge in [0.25, 0.3) is 0 Å². The first-order valence-corrected chi connectivity index (χ1v) is 10.9. The van der Waals surface area contributed by atoms with Gasteiger partial charge in [-0.3, -0.25) is 9.59 Å². The van der Waals surface area contributed by atoms with Crippen LogP contribution < -0.4 is 10.6 Å². The number of hydrogen-bond acceptors (Lipinski definition) is 3. The number of aliphatic hydroxyl groups excluding tert-OH is 1. The van der Waals surface area contributed by atoms with Crippen molar-refractivity contribution in [1.82, 2.24) is 10.6 Å². The third-order valence-corrected chi connectivity index (χ3v) is 5.49. The summed E-state index contributed by atoms with van der Waals surface area (Å²) >= 11 is 0. The van der Waals surface area contributed by atoms with Gasteiger partial charge in [-0.15, -0.1) is 0 Å². The van der Waals surface area contributed by atoms with Crippen molar-refractivity contribution >= 4 is 11.8 Å². The Hall–Kier alpha value is -1.88. The topological polar surface area (TPSA) is 78.4 Å². The molecule has 0 aromatic heterocycles. The zero-order valence-corrected chi connectivity index (χ0v) is 17.0. The van der Waals surface area contributed by atoms with Crippen LogP contribution in [0.4, 0.5) is 0 Å². The maximum atomic E-state index is 12.6. The van der Waals surface area contributed by atoms with Crippen LogP contribution >= 0.6 is 0 Å². The molecule has 0 heterocycles. The molecule has 156 valence electrons. The van der Waals surface area contributed by atoms with E-state index in [2.05, 4.69) is 10.6 Å². The number of aliphatic hydroxyl groups is 1. The molecule has 1 saturated carbocycles. The van der Waals surface area contributed by atoms with Gasteiger partial charge in [0.1, 0.15) is 6.04 Å². The van der Waals surface area contributed by atoms with Crippen molar-refractivity contribution < 1.29 is 14.7 Å². The molecule has 1 fully saturated rings. The van der Waals surface area contributed by atoms with Crippen LogP contribution in [0.5, 0.6) is 0 Å². The van der Waals surface area contributed by atoms with Crippen LogP contribution in [-0.4, -0.2) is 35.6 Å². The summed E-state index contributed by atoms with van der Waals surface area (Å²) in [6.45, 7) is -0.390. The lowest BCUT2D eigenvalue weighted by molar-refractivity contribution is -0.130. The molecular formula is C23H36N2O3. The molecule has 1 aromatic rings. The minimum Gasteiger partial charge on any atom is -0.394 e. The summed E-state index contributed by atoms with van der Waals surface area (Å²) in [6, 6.07) is 8.64. The van der Waals surface area contributed by atoms with E-state index in [0.29, 0.717) is 0 Å². The monoisotopic (exact) mass is 388 g/mol. The van der Waals surface area contributed by atoms with E-state index in [1.54, 1.807) is 0 Å². The average molecular weight is 389 g/mol. The molecule has 0 bridgehead atoms. The molecule has 1 aliphatic carbocycles. The Balaban J connectivity index is 1.82. The highest BCUT2D eigenvalue weighted by Crippen LogP contribution is 2.17. The minimum absolute atomic E-state index is 0.131. The van der Waals surface area contributed by atoms with Crippen molar-refractivity contribution in [2.45, 2.75) is 89.1 Å². The fraction of sp³-hybridized carbons (Fsp3) is 0.652. The van der Waals surface area contributed by atoms with Crippen LogP contribution in [0.25, 0.3) is 0 Å². The minimum atomic E-state index is -0.891. The van der Waals surface area contributed by atoms with Crippen LogP contribution in [0.15, 0.2) is 30.3 Å². The van der Waals surface area contributed by atoms with Gasteiger partial charge in [-0.2, -0.15) is 0 Å². The standard InChI is InChI=1S/C23H36N2O3/c26-18-21(25-22(27)17-19-13-9-8-10-14-19)23(28)24-20-15-11-6-4-2-1-3-5-7-12-16-20/h8-10,13-14,20-21,26H,1-7,11-12,15-18H2,(H,24,28)(H,25,27). The van der Waals surface area contributed by atoms with Gasteiger partial charge in [-0.05, 0) is 18.4 Å². The molecule has 1 aliphatic rings. The van der Waals surface area contributed by atoms with E-state index in [-0.39, 0.29) is 30.9 Å². The first-order valence-electron chi connectivity index (χ1n) is 10.9. The Bertz CT molecular complexity index is 564. The lowest BCUT2D eigenvalue weighted by Gasteiger charge is -2.23. The van der Waals surface area contributed by atoms with E-state index in [1.165, 1.54) is 44.9 Å². The highest BCUT2D eigenvalue weighted by atomic mass is 16.3. The highest BCUT2D eigenvalue weighted by molar-refractivity contribution is 5.88. The number of amides is 2. The van der Waals surface area contributed by atoms with Gasteiger partial charge < -0.3 is 15.7 Å². The molecule has 0 radical (unpaired) electrons. The lowest BCUT2D eigenvalue weighted by atomic mass is 9.97. The second kappa shape index (κ2) is 13.3. The lowest BCUT2D eigenvalue weighted by Crippen LogP contribution is -2.51. The van der Waals surface area contributed by atoms with Crippen LogP contribution in [0, 0.1) is 0 Å². The predicted octanol–water partition coefficient (Wildman–Crippen LogP) is 3.50. The fourth-order valence-electron chi connectivity index (χ4n) is 3.83. The molecule has 3 N–H and O–H groups in total. The normalized spacial score (nSPS) is 18.3. The molecule has 0 aliphatic heterocycles. The molecule has 2 rings (SSSR count). The number of carbonyl (C=O) groups is 2. The number of hydrogen-bond donors (Lipinski definition) is 3. The van der Waals surface area contributed by atoms with E-state index in [1.807, 2.05) is 30.3 Å². The summed E-state index contributed by atoms with van der Waals surface area (Å²) in [5.74, 6) is -0.528. The summed E-state index contributed by atoms with van der Waals surface area (Å²) in [6.07, 6.45) is 13.3. The second-order valence-corrected chi connectivity index (χ2v) is 7.93. The Labute approximate surface area is 169 Å². The Kier molecular flexibility index (Phi) is 10.7. The summed E-state index contributed by atoms with van der Waals surface area (Å²) in [4.78, 5) is 24.9. The predicted molar refractivity (Wildman–Crippen MR) is 112 cm³/mol. The zero-order chi connectivity index (χ0) is 20.0. The smallest absolute Gasteiger partial charge is 0.245 e. The zero-order valence-electron chi connectivity index (χ0n) is 17.0. The molecule has 5 nitrogen and oxygen atoms in total. The van der Waals surface area contributed by atoms with Gasteiger partial charge in [0, 0.05) is 6.04 Å². The number of nitrogens with one attached hydrogen (secondary N) is 2. The SMILES string of the molecule is O=C(Cc1ccccc1)NC(CO)C(=O)NC1CCCCCCCCCCC1. The molecule has 0 saturated heterocycles. The molecule has 1 aromatic carbocycles. The van der Waals surface area contributed by atoms with E-state index in [9.17, 15) is 14.7 Å². The fourth-order valence-corrected chi connectivity index (χ4v) is 3.83. The molecule has 5 heteroatoms. The largest absolute Gasteiger partial charge is 0.394 e. The summed E-state index contributed by atoms with van der Waals surface area (Å²) in [5, 5.41) is 15.4. The third kappa shape index (κ3) is 8.87. The van der Waals surface area contributed by atoms with Crippen molar-refractivity contribution in [3.63, 3.8) is 0 Å². The molecule has 2 amide bonds. The summed E-state index contributed by atoms with van der Waals surface area (Å²) in [5.41, 5.74) is 0.886. The van der Waals surface area contributed by atoms with E-state index >= 15 is 0 Å². The van der Waals surface area contributed by atoms with Crippen molar-refractivity contribution in [3.05, 3.63) is 35.9 Å². The third-order valence-electron chi connectivity index (χ3n) is 5.49. The maximum absolute atomic E-state index is 12.6. The quantitative estimate of drug-likeness (QED) is 0.698. The second-order valence-electron chi connectivity index (χ2n) is 7.93. The number of benzene rings is 1. The Morgan fingerprint density at radius 1 is 0.893 bits per heavy atom. The van der Waals surface area contributed by atoms with E-state index in [4.69, 9.17) is 0 Å². The van der Waals surface area contributed by atoms with Crippen molar-refractivity contribution in [3.8, 4) is 0 Å². The van der Waals surface area contributed by atoms with Gasteiger partial charge in [0.15, 0.2) is 0 Å². The van der Waals surface area contributed by atoms with Gasteiger partial charge in [-0.1, -0.05) is 88.1 Å². The molecule has 28 heavy (non-hydrogen) atoms. The molecule has 1 atom stereocenters. The summed E-state index contributed by atoms with van der Waals surface area (Å²) in [7, 11) is 0. The summed E-state index contributed by atoms with van der Waals surface area (Å²) < 4.78 is 0. The first kappa shape index (κ1) is 22.4. The number of carbonyl (C=O) groups excluding carboxylic acids is 2. The number of rotatable bonds is 6. The van der Waals surface area contributed by atoms with E-state index < -0.39 is 6.04 Å². The van der Waals surface area contributed by atoms with Gasteiger partial charge in [0.05, 0.1) is 13.0 Å². The van der Waals surface area contributed by atoms with Gasteiger partial charge in [0.2, 0.25) is 11.8 Å². The van der Waals surface area contributed by atoms with Crippen molar-refractivity contribution in [2.24, 2.45) is 0 Å². The van der Waals surface area contributed by atoms with Crippen LogP contribution in [0.1, 0.15) is 76.2 Å². The Morgan fingerprint density at radius 2 is 1.43 bits per heavy atom. The first-order chi connectivity index (χ1) is 13.7. The maximum Gasteiger partial charge on any atom is 0.245 e. The molecule has 1 unspecified atom stereocenters. The molecular weight excluding hydrogens is 352 g/mol. The Morgan fingerprint density at radius 3 is 1.96 bits per heavy atom. The van der Waals surface area contributed by atoms with Crippen molar-refractivity contribution in [2.75, 3.05) is 6.61 Å².